The highest BCUT2D eigenvalue weighted by Crippen LogP contribution is 2.22. The van der Waals surface area contributed by atoms with Gasteiger partial charge in [-0.3, -0.25) is 0 Å². The highest BCUT2D eigenvalue weighted by Gasteiger charge is 2.23. The third kappa shape index (κ3) is 1.91. The summed E-state index contributed by atoms with van der Waals surface area (Å²) in [6.45, 7) is 0. The molecule has 0 bridgehead atoms. The third-order valence-electron chi connectivity index (χ3n) is 1.94. The molecule has 0 N–H and O–H groups in total. The molecule has 2 aromatic heterocycles. The van der Waals surface area contributed by atoms with Crippen LogP contribution < -0.4 is 4.31 Å². The molecule has 0 aliphatic heterocycles. The molecule has 0 aliphatic rings. The molecule has 7 heteroatoms. The van der Waals surface area contributed by atoms with Crippen LogP contribution in [-0.2, 0) is 10.0 Å². The van der Waals surface area contributed by atoms with Crippen LogP contribution in [0.2, 0.25) is 0 Å². The van der Waals surface area contributed by atoms with Gasteiger partial charge in [-0.1, -0.05) is 6.07 Å². The summed E-state index contributed by atoms with van der Waals surface area (Å²) >= 11 is 1.17. The maximum absolute atomic E-state index is 12.1. The maximum atomic E-state index is 12.1. The molecule has 16 heavy (non-hydrogen) atoms. The molecular formula is C9H9N3O2S2. The Morgan fingerprint density at radius 1 is 1.25 bits per heavy atom. The van der Waals surface area contributed by atoms with Crippen molar-refractivity contribution in [2.75, 3.05) is 11.4 Å². The van der Waals surface area contributed by atoms with Crippen molar-refractivity contribution in [1.29, 1.82) is 0 Å². The number of hydrogen-bond acceptors (Lipinski definition) is 5. The first-order valence-electron chi connectivity index (χ1n) is 4.42. The van der Waals surface area contributed by atoms with Crippen LogP contribution in [0.5, 0.6) is 0 Å². The predicted molar refractivity (Wildman–Crippen MR) is 61.9 cm³/mol. The van der Waals surface area contributed by atoms with Crippen molar-refractivity contribution < 1.29 is 8.42 Å². The Hall–Kier alpha value is -1.47. The molecule has 84 valence electrons. The average molecular weight is 255 g/mol. The van der Waals surface area contributed by atoms with Crippen molar-refractivity contribution in [3.8, 4) is 0 Å². The molecule has 0 aromatic carbocycles. The van der Waals surface area contributed by atoms with Crippen LogP contribution in [-0.4, -0.2) is 25.4 Å². The van der Waals surface area contributed by atoms with E-state index in [2.05, 4.69) is 9.97 Å². The van der Waals surface area contributed by atoms with Gasteiger partial charge in [0.2, 0.25) is 5.95 Å². The minimum Gasteiger partial charge on any atom is -0.236 e. The molecule has 0 aliphatic carbocycles. The van der Waals surface area contributed by atoms with E-state index in [1.165, 1.54) is 30.8 Å². The highest BCUT2D eigenvalue weighted by atomic mass is 32.2. The Balaban J connectivity index is 2.40. The second-order valence-electron chi connectivity index (χ2n) is 2.95. The van der Waals surface area contributed by atoms with Gasteiger partial charge in [-0.25, -0.2) is 22.7 Å². The van der Waals surface area contributed by atoms with Gasteiger partial charge in [0.25, 0.3) is 10.0 Å². The van der Waals surface area contributed by atoms with Crippen LogP contribution in [0.25, 0.3) is 0 Å². The van der Waals surface area contributed by atoms with Crippen molar-refractivity contribution in [3.63, 3.8) is 0 Å². The van der Waals surface area contributed by atoms with Crippen LogP contribution in [0, 0.1) is 0 Å². The summed E-state index contributed by atoms with van der Waals surface area (Å²) in [5, 5.41) is 1.71. The number of thiophene rings is 1. The van der Waals surface area contributed by atoms with Gasteiger partial charge in [0.15, 0.2) is 0 Å². The highest BCUT2D eigenvalue weighted by molar-refractivity contribution is 7.94. The summed E-state index contributed by atoms with van der Waals surface area (Å²) in [5.41, 5.74) is 0. The summed E-state index contributed by atoms with van der Waals surface area (Å²) in [5.74, 6) is 0.163. The molecule has 0 atom stereocenters. The topological polar surface area (TPSA) is 63.2 Å². The van der Waals surface area contributed by atoms with Crippen molar-refractivity contribution >= 4 is 27.3 Å². The first-order chi connectivity index (χ1) is 7.62. The van der Waals surface area contributed by atoms with Gasteiger partial charge in [0, 0.05) is 19.4 Å². The van der Waals surface area contributed by atoms with E-state index < -0.39 is 10.0 Å². The molecule has 0 radical (unpaired) electrons. The summed E-state index contributed by atoms with van der Waals surface area (Å²) in [4.78, 5) is 7.79. The molecule has 2 heterocycles. The average Bonchev–Trinajstić information content (AvgIpc) is 2.83. The largest absolute Gasteiger partial charge is 0.275 e. The molecular weight excluding hydrogens is 246 g/mol. The van der Waals surface area contributed by atoms with Crippen LogP contribution in [0.1, 0.15) is 0 Å². The number of hydrogen-bond donors (Lipinski definition) is 0. The lowest BCUT2D eigenvalue weighted by molar-refractivity contribution is 0.595. The predicted octanol–water partition coefficient (Wildman–Crippen LogP) is 1.36. The van der Waals surface area contributed by atoms with Crippen LogP contribution in [0.4, 0.5) is 5.95 Å². The van der Waals surface area contributed by atoms with Gasteiger partial charge in [-0.15, -0.1) is 11.3 Å². The van der Waals surface area contributed by atoms with Gasteiger partial charge >= 0.3 is 0 Å². The Kier molecular flexibility index (Phi) is 2.88. The van der Waals surface area contributed by atoms with Crippen molar-refractivity contribution in [2.24, 2.45) is 0 Å². The normalized spacial score (nSPS) is 11.3. The van der Waals surface area contributed by atoms with E-state index in [0.29, 0.717) is 0 Å². The van der Waals surface area contributed by atoms with Gasteiger partial charge in [-0.05, 0) is 17.5 Å². The van der Waals surface area contributed by atoms with E-state index in [-0.39, 0.29) is 10.2 Å². The summed E-state index contributed by atoms with van der Waals surface area (Å²) in [7, 11) is -2.09. The van der Waals surface area contributed by atoms with Crippen molar-refractivity contribution in [1.82, 2.24) is 9.97 Å². The standard InChI is InChI=1S/C9H9N3O2S2/c1-12(9-10-5-3-6-11-9)16(13,14)8-4-2-7-15-8/h2-7H,1H3. The van der Waals surface area contributed by atoms with Gasteiger partial charge in [0.05, 0.1) is 0 Å². The quantitative estimate of drug-likeness (QED) is 0.830. The zero-order valence-corrected chi connectivity index (χ0v) is 10.1. The molecule has 5 nitrogen and oxygen atoms in total. The van der Waals surface area contributed by atoms with E-state index in [1.54, 1.807) is 23.6 Å². The Labute approximate surface area is 97.5 Å². The monoisotopic (exact) mass is 255 g/mol. The smallest absolute Gasteiger partial charge is 0.236 e. The fourth-order valence-corrected chi connectivity index (χ4v) is 3.37. The lowest BCUT2D eigenvalue weighted by Gasteiger charge is -2.15. The lowest BCUT2D eigenvalue weighted by Crippen LogP contribution is -2.27. The minimum absolute atomic E-state index is 0.163. The molecule has 0 saturated heterocycles. The van der Waals surface area contributed by atoms with E-state index in [0.717, 1.165) is 4.31 Å². The van der Waals surface area contributed by atoms with Gasteiger partial charge in [0.1, 0.15) is 4.21 Å². The Bertz CT molecular complexity index is 552. The molecule has 2 rings (SSSR count). The molecule has 2 aromatic rings. The summed E-state index contributed by atoms with van der Waals surface area (Å²) in [6.07, 6.45) is 3.01. The zero-order valence-electron chi connectivity index (χ0n) is 8.44. The SMILES string of the molecule is CN(c1ncccn1)S(=O)(=O)c1cccs1. The second-order valence-corrected chi connectivity index (χ2v) is 6.10. The molecule has 0 amide bonds. The number of sulfonamides is 1. The zero-order chi connectivity index (χ0) is 11.6. The molecule has 0 saturated carbocycles. The minimum atomic E-state index is -3.52. The van der Waals surface area contributed by atoms with Gasteiger partial charge < -0.3 is 0 Å². The second kappa shape index (κ2) is 4.18. The summed E-state index contributed by atoms with van der Waals surface area (Å²) in [6, 6.07) is 4.88. The molecule has 0 spiro atoms. The fourth-order valence-electron chi connectivity index (χ4n) is 1.11. The van der Waals surface area contributed by atoms with Gasteiger partial charge in [-0.2, -0.15) is 0 Å². The van der Waals surface area contributed by atoms with E-state index >= 15 is 0 Å². The number of anilines is 1. The fraction of sp³-hybridized carbons (Fsp3) is 0.111. The van der Waals surface area contributed by atoms with E-state index in [4.69, 9.17) is 0 Å². The maximum Gasteiger partial charge on any atom is 0.275 e. The van der Waals surface area contributed by atoms with E-state index in [9.17, 15) is 8.42 Å². The van der Waals surface area contributed by atoms with E-state index in [1.807, 2.05) is 0 Å². The first kappa shape index (κ1) is 11.0. The first-order valence-corrected chi connectivity index (χ1v) is 6.74. The van der Waals surface area contributed by atoms with Crippen molar-refractivity contribution in [3.05, 3.63) is 36.0 Å². The lowest BCUT2D eigenvalue weighted by atomic mass is 10.7. The number of rotatable bonds is 3. The summed E-state index contributed by atoms with van der Waals surface area (Å²) < 4.78 is 25.4. The Morgan fingerprint density at radius 3 is 2.50 bits per heavy atom. The van der Waals surface area contributed by atoms with Crippen LogP contribution in [0.15, 0.2) is 40.2 Å². The Morgan fingerprint density at radius 2 is 1.94 bits per heavy atom. The third-order valence-corrected chi connectivity index (χ3v) is 5.05. The molecule has 0 unspecified atom stereocenters. The number of nitrogens with zero attached hydrogens (tertiary/aromatic N) is 3. The molecule has 0 fully saturated rings. The van der Waals surface area contributed by atoms with Crippen LogP contribution in [0.3, 0.4) is 0 Å². The van der Waals surface area contributed by atoms with Crippen molar-refractivity contribution in [2.45, 2.75) is 4.21 Å². The van der Waals surface area contributed by atoms with Crippen LogP contribution >= 0.6 is 11.3 Å². The number of aromatic nitrogens is 2.